The standard InChI is InChI=1S/C23H20FNO3/c1-28-23(27)25-21(17-12-14-19(24)15-13-17)20(16-8-4-2-5-9-16)22(26)18-10-6-3-7-11-18/h2-15,20-21H,1H3,(H,25,27). The average molecular weight is 377 g/mol. The summed E-state index contributed by atoms with van der Waals surface area (Å²) in [6.45, 7) is 0. The molecule has 0 fully saturated rings. The van der Waals surface area contributed by atoms with E-state index in [9.17, 15) is 14.0 Å². The quantitative estimate of drug-likeness (QED) is 0.622. The van der Waals surface area contributed by atoms with Gasteiger partial charge in [0, 0.05) is 5.56 Å². The zero-order chi connectivity index (χ0) is 19.9. The number of nitrogens with one attached hydrogen (secondary N) is 1. The Morgan fingerprint density at radius 2 is 1.39 bits per heavy atom. The highest BCUT2D eigenvalue weighted by atomic mass is 19.1. The molecule has 28 heavy (non-hydrogen) atoms. The van der Waals surface area contributed by atoms with Crippen LogP contribution >= 0.6 is 0 Å². The molecule has 0 aliphatic carbocycles. The van der Waals surface area contributed by atoms with Gasteiger partial charge in [0.15, 0.2) is 5.78 Å². The van der Waals surface area contributed by atoms with Gasteiger partial charge in [-0.2, -0.15) is 0 Å². The molecule has 3 rings (SSSR count). The van der Waals surface area contributed by atoms with E-state index in [1.165, 1.54) is 19.2 Å². The van der Waals surface area contributed by atoms with Crippen LogP contribution in [0.4, 0.5) is 9.18 Å². The van der Waals surface area contributed by atoms with Gasteiger partial charge in [-0.3, -0.25) is 4.79 Å². The number of hydrogen-bond donors (Lipinski definition) is 1. The summed E-state index contributed by atoms with van der Waals surface area (Å²) in [5.41, 5.74) is 1.86. The number of amides is 1. The SMILES string of the molecule is COC(=O)NC(c1ccc(F)cc1)C(C(=O)c1ccccc1)c1ccccc1. The number of carbonyl (C=O) groups is 2. The van der Waals surface area contributed by atoms with Crippen LogP contribution in [-0.4, -0.2) is 19.0 Å². The van der Waals surface area contributed by atoms with Crippen molar-refractivity contribution in [3.63, 3.8) is 0 Å². The van der Waals surface area contributed by atoms with Gasteiger partial charge < -0.3 is 10.1 Å². The monoisotopic (exact) mass is 377 g/mol. The van der Waals surface area contributed by atoms with E-state index in [2.05, 4.69) is 5.32 Å². The number of ketones is 1. The summed E-state index contributed by atoms with van der Waals surface area (Å²) in [4.78, 5) is 25.5. The van der Waals surface area contributed by atoms with Gasteiger partial charge in [0.25, 0.3) is 0 Å². The number of alkyl carbamates (subject to hydrolysis) is 1. The molecule has 4 nitrogen and oxygen atoms in total. The Bertz CT molecular complexity index is 927. The minimum Gasteiger partial charge on any atom is -0.453 e. The number of Topliss-reactive ketones (excluding diaryl/α,β-unsaturated/α-hetero) is 1. The lowest BCUT2D eigenvalue weighted by atomic mass is 9.81. The van der Waals surface area contributed by atoms with E-state index >= 15 is 0 Å². The summed E-state index contributed by atoms with van der Waals surface area (Å²) in [5.74, 6) is -1.27. The van der Waals surface area contributed by atoms with Crippen molar-refractivity contribution >= 4 is 11.9 Å². The first-order chi connectivity index (χ1) is 13.6. The number of rotatable bonds is 6. The van der Waals surface area contributed by atoms with Gasteiger partial charge in [-0.1, -0.05) is 72.8 Å². The van der Waals surface area contributed by atoms with Gasteiger partial charge in [0.05, 0.1) is 19.1 Å². The van der Waals surface area contributed by atoms with Gasteiger partial charge in [-0.25, -0.2) is 9.18 Å². The summed E-state index contributed by atoms with van der Waals surface area (Å²) in [7, 11) is 1.26. The fourth-order valence-corrected chi connectivity index (χ4v) is 3.15. The molecule has 0 aliphatic heterocycles. The fourth-order valence-electron chi connectivity index (χ4n) is 3.15. The Balaban J connectivity index is 2.11. The van der Waals surface area contributed by atoms with Crippen molar-refractivity contribution < 1.29 is 18.7 Å². The Hall–Kier alpha value is -3.47. The zero-order valence-corrected chi connectivity index (χ0v) is 15.3. The Labute approximate surface area is 163 Å². The van der Waals surface area contributed by atoms with Crippen LogP contribution in [0.15, 0.2) is 84.9 Å². The number of hydrogen-bond acceptors (Lipinski definition) is 3. The maximum Gasteiger partial charge on any atom is 0.407 e. The number of halogens is 1. The van der Waals surface area contributed by atoms with Crippen molar-refractivity contribution in [1.29, 1.82) is 0 Å². The third-order valence-corrected chi connectivity index (χ3v) is 4.52. The summed E-state index contributed by atoms with van der Waals surface area (Å²) in [5, 5.41) is 2.75. The minimum absolute atomic E-state index is 0.155. The van der Waals surface area contributed by atoms with Crippen LogP contribution in [-0.2, 0) is 4.74 Å². The second kappa shape index (κ2) is 8.95. The van der Waals surface area contributed by atoms with Crippen LogP contribution in [0, 0.1) is 5.82 Å². The first-order valence-corrected chi connectivity index (χ1v) is 8.84. The van der Waals surface area contributed by atoms with Gasteiger partial charge in [0.2, 0.25) is 0 Å². The molecule has 5 heteroatoms. The predicted octanol–water partition coefficient (Wildman–Crippen LogP) is 4.89. The number of ether oxygens (including phenoxy) is 1. The van der Waals surface area contributed by atoms with Crippen molar-refractivity contribution in [2.45, 2.75) is 12.0 Å². The highest BCUT2D eigenvalue weighted by Gasteiger charge is 2.33. The van der Waals surface area contributed by atoms with Crippen molar-refractivity contribution in [3.8, 4) is 0 Å². The lowest BCUT2D eigenvalue weighted by molar-refractivity contribution is 0.0936. The molecule has 3 aromatic rings. The molecule has 0 bridgehead atoms. The fraction of sp³-hybridized carbons (Fsp3) is 0.130. The van der Waals surface area contributed by atoms with E-state index in [1.54, 1.807) is 36.4 Å². The van der Waals surface area contributed by atoms with Gasteiger partial charge in [0.1, 0.15) is 5.82 Å². The van der Waals surface area contributed by atoms with E-state index in [0.717, 1.165) is 5.56 Å². The molecule has 0 spiro atoms. The molecule has 2 unspecified atom stereocenters. The molecule has 0 radical (unpaired) electrons. The van der Waals surface area contributed by atoms with Gasteiger partial charge in [-0.15, -0.1) is 0 Å². The molecule has 0 saturated carbocycles. The largest absolute Gasteiger partial charge is 0.453 e. The van der Waals surface area contributed by atoms with Crippen molar-refractivity contribution in [2.24, 2.45) is 0 Å². The Kier molecular flexibility index (Phi) is 6.17. The number of carbonyl (C=O) groups excluding carboxylic acids is 2. The molecule has 142 valence electrons. The molecule has 1 amide bonds. The molecule has 0 aromatic heterocycles. The second-order valence-electron chi connectivity index (χ2n) is 6.28. The van der Waals surface area contributed by atoms with Crippen molar-refractivity contribution in [1.82, 2.24) is 5.32 Å². The van der Waals surface area contributed by atoms with Crippen LogP contribution in [0.1, 0.15) is 33.4 Å². The van der Waals surface area contributed by atoms with E-state index in [-0.39, 0.29) is 5.78 Å². The summed E-state index contributed by atoms with van der Waals surface area (Å²) in [6.07, 6.45) is -0.670. The molecule has 1 N–H and O–H groups in total. The Morgan fingerprint density at radius 3 is 1.96 bits per heavy atom. The lowest BCUT2D eigenvalue weighted by Gasteiger charge is -2.27. The minimum atomic E-state index is -0.733. The van der Waals surface area contributed by atoms with E-state index in [4.69, 9.17) is 4.74 Å². The highest BCUT2D eigenvalue weighted by Crippen LogP contribution is 2.34. The van der Waals surface area contributed by atoms with Crippen LogP contribution in [0.2, 0.25) is 0 Å². The first-order valence-electron chi connectivity index (χ1n) is 8.84. The highest BCUT2D eigenvalue weighted by molar-refractivity contribution is 6.01. The first kappa shape index (κ1) is 19.3. The predicted molar refractivity (Wildman–Crippen MR) is 105 cm³/mol. The summed E-state index contributed by atoms with van der Waals surface area (Å²) in [6, 6.07) is 23.1. The van der Waals surface area contributed by atoms with E-state index < -0.39 is 23.9 Å². The maximum atomic E-state index is 13.4. The van der Waals surface area contributed by atoms with Crippen LogP contribution < -0.4 is 5.32 Å². The molecule has 0 heterocycles. The molecule has 2 atom stereocenters. The second-order valence-corrected chi connectivity index (χ2v) is 6.28. The van der Waals surface area contributed by atoms with Gasteiger partial charge >= 0.3 is 6.09 Å². The molecular formula is C23H20FNO3. The van der Waals surface area contributed by atoms with Crippen molar-refractivity contribution in [3.05, 3.63) is 107 Å². The maximum absolute atomic E-state index is 13.4. The zero-order valence-electron chi connectivity index (χ0n) is 15.3. The van der Waals surface area contributed by atoms with E-state index in [1.807, 2.05) is 36.4 Å². The summed E-state index contributed by atoms with van der Waals surface area (Å²) >= 11 is 0. The van der Waals surface area contributed by atoms with Crippen LogP contribution in [0.25, 0.3) is 0 Å². The normalized spacial score (nSPS) is 12.6. The third kappa shape index (κ3) is 4.43. The molecular weight excluding hydrogens is 357 g/mol. The molecule has 0 saturated heterocycles. The molecule has 0 aliphatic rings. The smallest absolute Gasteiger partial charge is 0.407 e. The number of methoxy groups -OCH3 is 1. The lowest BCUT2D eigenvalue weighted by Crippen LogP contribution is -2.35. The third-order valence-electron chi connectivity index (χ3n) is 4.52. The number of benzene rings is 3. The molecule has 3 aromatic carbocycles. The average Bonchev–Trinajstić information content (AvgIpc) is 2.75. The van der Waals surface area contributed by atoms with Gasteiger partial charge in [-0.05, 0) is 23.3 Å². The van der Waals surface area contributed by atoms with Crippen LogP contribution in [0.3, 0.4) is 0 Å². The Morgan fingerprint density at radius 1 is 0.821 bits per heavy atom. The summed E-state index contributed by atoms with van der Waals surface area (Å²) < 4.78 is 18.2. The topological polar surface area (TPSA) is 55.4 Å². The van der Waals surface area contributed by atoms with Crippen LogP contribution in [0.5, 0.6) is 0 Å². The van der Waals surface area contributed by atoms with E-state index in [0.29, 0.717) is 11.1 Å². The van der Waals surface area contributed by atoms with Crippen molar-refractivity contribution in [2.75, 3.05) is 7.11 Å².